The Labute approximate surface area is 164 Å². The summed E-state index contributed by atoms with van der Waals surface area (Å²) in [6.07, 6.45) is 8.02. The molecule has 0 aromatic carbocycles. The highest BCUT2D eigenvalue weighted by Gasteiger charge is 2.30. The maximum Gasteiger partial charge on any atom is 0.187 e. The second-order valence-electron chi connectivity index (χ2n) is 8.26. The van der Waals surface area contributed by atoms with E-state index in [1.807, 2.05) is 11.3 Å². The summed E-state index contributed by atoms with van der Waals surface area (Å²) >= 11 is 1.82. The van der Waals surface area contributed by atoms with E-state index in [9.17, 15) is 8.42 Å². The van der Waals surface area contributed by atoms with Crippen LogP contribution in [-0.4, -0.2) is 49.0 Å². The predicted molar refractivity (Wildman–Crippen MR) is 108 cm³/mol. The van der Waals surface area contributed by atoms with Crippen LogP contribution in [0.15, 0.2) is 0 Å². The molecule has 0 saturated carbocycles. The van der Waals surface area contributed by atoms with Gasteiger partial charge in [-0.25, -0.2) is 18.4 Å². The molecule has 2 saturated heterocycles. The Hall–Kier alpha value is -1.25. The number of aryl methyl sites for hydroxylation is 2. The van der Waals surface area contributed by atoms with E-state index in [0.29, 0.717) is 6.42 Å². The van der Waals surface area contributed by atoms with Crippen molar-refractivity contribution in [2.45, 2.75) is 57.5 Å². The first-order valence-electron chi connectivity index (χ1n) is 10.2. The minimum absolute atomic E-state index is 0.0276. The number of sulfone groups is 1. The molecule has 4 heterocycles. The topological polar surface area (TPSA) is 76.4 Å². The van der Waals surface area contributed by atoms with Gasteiger partial charge in [0.2, 0.25) is 0 Å². The zero-order valence-corrected chi connectivity index (χ0v) is 17.2. The van der Waals surface area contributed by atoms with Gasteiger partial charge in [-0.15, -0.1) is 11.3 Å². The first-order chi connectivity index (χ1) is 13.1. The lowest BCUT2D eigenvalue weighted by Crippen LogP contribution is -3.11. The highest BCUT2D eigenvalue weighted by atomic mass is 32.2. The SMILES string of the molecule is O=S1(=O)CC[C@H](Nc2nc(C[NH+]3CCCCC3)nc3sc4c(c23)CCC4)C1. The van der Waals surface area contributed by atoms with Crippen LogP contribution in [0.25, 0.3) is 10.2 Å². The minimum Gasteiger partial charge on any atom is -0.366 e. The molecule has 2 aromatic heterocycles. The summed E-state index contributed by atoms with van der Waals surface area (Å²) in [4.78, 5) is 14.0. The molecular weight excluding hydrogens is 380 g/mol. The van der Waals surface area contributed by atoms with Gasteiger partial charge in [0.15, 0.2) is 15.7 Å². The molecule has 1 atom stereocenters. The molecule has 0 amide bonds. The molecular formula is C19H27N4O2S2+. The van der Waals surface area contributed by atoms with Gasteiger partial charge >= 0.3 is 0 Å². The normalized spacial score (nSPS) is 25.1. The third-order valence-corrected chi connectivity index (χ3v) is 9.11. The number of hydrogen-bond donors (Lipinski definition) is 2. The quantitative estimate of drug-likeness (QED) is 0.800. The molecule has 2 aromatic rings. The standard InChI is InChI=1S/C19H26N4O2S2/c24-27(25)10-7-13(12-27)20-18-17-14-5-4-6-15(14)26-19(17)22-16(21-18)11-23-8-2-1-3-9-23/h13H,1-12H2,(H,20,21,22)/p+1/t13-/m0/s1. The Morgan fingerprint density at radius 2 is 1.96 bits per heavy atom. The lowest BCUT2D eigenvalue weighted by molar-refractivity contribution is -0.919. The van der Waals surface area contributed by atoms with Gasteiger partial charge in [-0.3, -0.25) is 0 Å². The Morgan fingerprint density at radius 3 is 2.74 bits per heavy atom. The Bertz CT molecular complexity index is 964. The molecule has 8 heteroatoms. The summed E-state index contributed by atoms with van der Waals surface area (Å²) in [5.74, 6) is 2.29. The maximum atomic E-state index is 11.9. The Morgan fingerprint density at radius 1 is 1.11 bits per heavy atom. The predicted octanol–water partition coefficient (Wildman–Crippen LogP) is 1.35. The minimum atomic E-state index is -2.91. The van der Waals surface area contributed by atoms with Crippen LogP contribution in [-0.2, 0) is 29.2 Å². The number of quaternary nitrogens is 1. The summed E-state index contributed by atoms with van der Waals surface area (Å²) in [5.41, 5.74) is 1.40. The summed E-state index contributed by atoms with van der Waals surface area (Å²) in [6.45, 7) is 3.27. The molecule has 0 unspecified atom stereocenters. The molecule has 3 aliphatic rings. The molecule has 1 aliphatic carbocycles. The van der Waals surface area contributed by atoms with E-state index >= 15 is 0 Å². The lowest BCUT2D eigenvalue weighted by atomic mass is 10.1. The number of aromatic nitrogens is 2. The largest absolute Gasteiger partial charge is 0.366 e. The molecule has 2 fully saturated rings. The van der Waals surface area contributed by atoms with Gasteiger partial charge in [0, 0.05) is 10.9 Å². The molecule has 0 bridgehead atoms. The van der Waals surface area contributed by atoms with E-state index in [4.69, 9.17) is 9.97 Å². The zero-order chi connectivity index (χ0) is 18.4. The van der Waals surface area contributed by atoms with Crippen molar-refractivity contribution in [2.24, 2.45) is 0 Å². The maximum absolute atomic E-state index is 11.9. The number of hydrogen-bond acceptors (Lipinski definition) is 6. The summed E-state index contributed by atoms with van der Waals surface area (Å²) in [7, 11) is -2.91. The molecule has 2 aliphatic heterocycles. The average Bonchev–Trinajstić information content (AvgIpc) is 3.30. The van der Waals surface area contributed by atoms with Crippen molar-refractivity contribution in [3.63, 3.8) is 0 Å². The monoisotopic (exact) mass is 407 g/mol. The second kappa shape index (κ2) is 6.97. The molecule has 5 rings (SSSR count). The van der Waals surface area contributed by atoms with E-state index in [1.165, 1.54) is 49.2 Å². The van der Waals surface area contributed by atoms with Crippen LogP contribution < -0.4 is 10.2 Å². The van der Waals surface area contributed by atoms with Crippen molar-refractivity contribution in [3.8, 4) is 0 Å². The van der Waals surface area contributed by atoms with Crippen LogP contribution >= 0.6 is 11.3 Å². The number of nitrogens with one attached hydrogen (secondary N) is 2. The number of fused-ring (bicyclic) bond motifs is 3. The van der Waals surface area contributed by atoms with Gasteiger partial charge in [0.05, 0.1) is 30.0 Å². The first-order valence-corrected chi connectivity index (χ1v) is 12.8. The first kappa shape index (κ1) is 17.8. The van der Waals surface area contributed by atoms with Crippen molar-refractivity contribution >= 4 is 37.2 Å². The molecule has 27 heavy (non-hydrogen) atoms. The number of anilines is 1. The van der Waals surface area contributed by atoms with Crippen molar-refractivity contribution in [2.75, 3.05) is 29.9 Å². The van der Waals surface area contributed by atoms with Gasteiger partial charge in [-0.2, -0.15) is 0 Å². The summed E-state index contributed by atoms with van der Waals surface area (Å²) < 4.78 is 23.8. The number of likely N-dealkylation sites (tertiary alicyclic amines) is 1. The Kier molecular flexibility index (Phi) is 4.60. The fourth-order valence-electron chi connectivity index (χ4n) is 4.78. The number of piperidine rings is 1. The smallest absolute Gasteiger partial charge is 0.187 e. The van der Waals surface area contributed by atoms with Gasteiger partial charge in [0.25, 0.3) is 0 Å². The highest BCUT2D eigenvalue weighted by Crippen LogP contribution is 2.40. The molecule has 0 spiro atoms. The summed E-state index contributed by atoms with van der Waals surface area (Å²) in [6, 6.07) is -0.0276. The van der Waals surface area contributed by atoms with Gasteiger partial charge in [0.1, 0.15) is 17.2 Å². The van der Waals surface area contributed by atoms with E-state index in [2.05, 4.69) is 5.32 Å². The van der Waals surface area contributed by atoms with Crippen LogP contribution in [0.3, 0.4) is 0 Å². The number of rotatable bonds is 4. The molecule has 0 radical (unpaired) electrons. The molecule has 2 N–H and O–H groups in total. The van der Waals surface area contributed by atoms with Gasteiger partial charge in [-0.1, -0.05) is 0 Å². The van der Waals surface area contributed by atoms with Crippen molar-refractivity contribution in [1.29, 1.82) is 0 Å². The fourth-order valence-corrected chi connectivity index (χ4v) is 7.73. The van der Waals surface area contributed by atoms with E-state index in [0.717, 1.165) is 41.2 Å². The molecule has 6 nitrogen and oxygen atoms in total. The molecule has 146 valence electrons. The van der Waals surface area contributed by atoms with E-state index in [1.54, 1.807) is 4.90 Å². The lowest BCUT2D eigenvalue weighted by Gasteiger charge is -2.23. The van der Waals surface area contributed by atoms with Gasteiger partial charge < -0.3 is 10.2 Å². The van der Waals surface area contributed by atoms with Crippen molar-refractivity contribution < 1.29 is 13.3 Å². The summed E-state index contributed by atoms with van der Waals surface area (Å²) in [5, 5.41) is 4.66. The van der Waals surface area contributed by atoms with Crippen LogP contribution in [0, 0.1) is 0 Å². The van der Waals surface area contributed by atoms with E-state index < -0.39 is 9.84 Å². The zero-order valence-electron chi connectivity index (χ0n) is 15.6. The van der Waals surface area contributed by atoms with Gasteiger partial charge in [-0.05, 0) is 50.5 Å². The van der Waals surface area contributed by atoms with E-state index in [-0.39, 0.29) is 17.5 Å². The number of thiophene rings is 1. The second-order valence-corrected chi connectivity index (χ2v) is 11.6. The fraction of sp³-hybridized carbons (Fsp3) is 0.684. The van der Waals surface area contributed by atoms with Crippen molar-refractivity contribution in [1.82, 2.24) is 9.97 Å². The van der Waals surface area contributed by atoms with Crippen LogP contribution in [0.2, 0.25) is 0 Å². The average molecular weight is 408 g/mol. The Balaban J connectivity index is 1.49. The highest BCUT2D eigenvalue weighted by molar-refractivity contribution is 7.91. The van der Waals surface area contributed by atoms with Crippen LogP contribution in [0.5, 0.6) is 0 Å². The third kappa shape index (κ3) is 3.59. The number of nitrogens with zero attached hydrogens (tertiary/aromatic N) is 2. The van der Waals surface area contributed by atoms with Crippen LogP contribution in [0.4, 0.5) is 5.82 Å². The van der Waals surface area contributed by atoms with Crippen LogP contribution in [0.1, 0.15) is 48.4 Å². The van der Waals surface area contributed by atoms with Crippen molar-refractivity contribution in [3.05, 3.63) is 16.3 Å². The third-order valence-electron chi connectivity index (χ3n) is 6.15.